The first kappa shape index (κ1) is 6.74. The largest absolute Gasteiger partial charge is 0.308 e. The molecule has 46 valence electrons. The Morgan fingerprint density at radius 2 is 2.22 bits per heavy atom. The topological polar surface area (TPSA) is 23.9 Å². The zero-order chi connectivity index (χ0) is 6.69. The van der Waals surface area contributed by atoms with E-state index < -0.39 is 0 Å². The van der Waals surface area contributed by atoms with Crippen LogP contribution in [0, 0.1) is 8.98 Å². The fraction of sp³-hybridized carbons (Fsp3) is 0. The highest BCUT2D eigenvalue weighted by Crippen LogP contribution is 2.04. The Hall–Kier alpha value is -0.380. The minimum atomic E-state index is 0.960. The summed E-state index contributed by atoms with van der Waals surface area (Å²) < 4.78 is 1.17. The number of rotatable bonds is 1. The Labute approximate surface area is 67.7 Å². The Kier molecular flexibility index (Phi) is 2.22. The van der Waals surface area contributed by atoms with Crippen LogP contribution >= 0.6 is 22.6 Å². The Morgan fingerprint density at radius 1 is 1.44 bits per heavy atom. The van der Waals surface area contributed by atoms with Crippen molar-refractivity contribution in [2.75, 3.05) is 0 Å². The standard InChI is InChI=1S/C7H6IN/c8-7-3-1-2-6(4-7)5-9/h1-5,9H. The average molecular weight is 231 g/mol. The lowest BCUT2D eigenvalue weighted by atomic mass is 10.2. The molecule has 1 aromatic carbocycles. The van der Waals surface area contributed by atoms with Gasteiger partial charge in [0.1, 0.15) is 0 Å². The number of hydrogen-bond acceptors (Lipinski definition) is 1. The average Bonchev–Trinajstić information content (AvgIpc) is 1.88. The molecule has 0 heterocycles. The molecule has 0 aromatic heterocycles. The second kappa shape index (κ2) is 2.96. The normalized spacial score (nSPS) is 9.00. The smallest absolute Gasteiger partial charge is 0.0250 e. The fourth-order valence-electron chi connectivity index (χ4n) is 0.596. The molecule has 0 spiro atoms. The van der Waals surface area contributed by atoms with Crippen molar-refractivity contribution in [1.82, 2.24) is 0 Å². The van der Waals surface area contributed by atoms with Crippen molar-refractivity contribution in [2.45, 2.75) is 0 Å². The molecule has 0 saturated heterocycles. The Bertz CT molecular complexity index is 220. The lowest BCUT2D eigenvalue weighted by Crippen LogP contribution is -1.78. The van der Waals surface area contributed by atoms with Crippen LogP contribution < -0.4 is 0 Å². The molecule has 0 bridgehead atoms. The van der Waals surface area contributed by atoms with Crippen LogP contribution in [0.2, 0.25) is 0 Å². The van der Waals surface area contributed by atoms with Gasteiger partial charge >= 0.3 is 0 Å². The maximum Gasteiger partial charge on any atom is 0.0250 e. The minimum absolute atomic E-state index is 0.960. The first-order chi connectivity index (χ1) is 4.33. The molecule has 9 heavy (non-hydrogen) atoms. The first-order valence-electron chi connectivity index (χ1n) is 2.59. The molecule has 0 radical (unpaired) electrons. The first-order valence-corrected chi connectivity index (χ1v) is 3.67. The van der Waals surface area contributed by atoms with E-state index in [4.69, 9.17) is 5.41 Å². The summed E-state index contributed by atoms with van der Waals surface area (Å²) in [6.07, 6.45) is 1.35. The van der Waals surface area contributed by atoms with Gasteiger partial charge in [-0.25, -0.2) is 0 Å². The van der Waals surface area contributed by atoms with E-state index in [1.165, 1.54) is 9.78 Å². The van der Waals surface area contributed by atoms with Crippen molar-refractivity contribution in [3.8, 4) is 0 Å². The molecule has 0 fully saturated rings. The predicted molar refractivity (Wildman–Crippen MR) is 47.0 cm³/mol. The number of nitrogens with one attached hydrogen (secondary N) is 1. The van der Waals surface area contributed by atoms with Crippen LogP contribution in [0.1, 0.15) is 5.56 Å². The van der Waals surface area contributed by atoms with Crippen molar-refractivity contribution in [1.29, 1.82) is 5.41 Å². The van der Waals surface area contributed by atoms with Gasteiger partial charge in [0.25, 0.3) is 0 Å². The zero-order valence-corrected chi connectivity index (χ0v) is 6.92. The molecule has 0 atom stereocenters. The van der Waals surface area contributed by atoms with Crippen LogP contribution in [0.5, 0.6) is 0 Å². The molecule has 1 rings (SSSR count). The molecule has 0 unspecified atom stereocenters. The molecule has 0 aliphatic heterocycles. The molecule has 2 heteroatoms. The highest BCUT2D eigenvalue weighted by molar-refractivity contribution is 14.1. The van der Waals surface area contributed by atoms with Crippen LogP contribution in [0.4, 0.5) is 0 Å². The van der Waals surface area contributed by atoms with Gasteiger partial charge in [-0.3, -0.25) is 0 Å². The van der Waals surface area contributed by atoms with Crippen LogP contribution in [0.15, 0.2) is 24.3 Å². The lowest BCUT2D eigenvalue weighted by molar-refractivity contribution is 1.53. The van der Waals surface area contributed by atoms with Gasteiger partial charge < -0.3 is 5.41 Å². The highest BCUT2D eigenvalue weighted by Gasteiger charge is 1.85. The van der Waals surface area contributed by atoms with E-state index in [1.54, 1.807) is 0 Å². The second-order valence-electron chi connectivity index (χ2n) is 1.70. The van der Waals surface area contributed by atoms with Gasteiger partial charge in [-0.05, 0) is 40.3 Å². The van der Waals surface area contributed by atoms with Gasteiger partial charge in [-0.2, -0.15) is 0 Å². The van der Waals surface area contributed by atoms with E-state index >= 15 is 0 Å². The van der Waals surface area contributed by atoms with E-state index in [0.29, 0.717) is 0 Å². The zero-order valence-electron chi connectivity index (χ0n) is 4.76. The summed E-state index contributed by atoms with van der Waals surface area (Å²) in [5.74, 6) is 0. The lowest BCUT2D eigenvalue weighted by Gasteiger charge is -1.89. The van der Waals surface area contributed by atoms with E-state index in [-0.39, 0.29) is 0 Å². The van der Waals surface area contributed by atoms with Gasteiger partial charge in [0.2, 0.25) is 0 Å². The summed E-state index contributed by atoms with van der Waals surface area (Å²) in [6, 6.07) is 7.83. The maximum absolute atomic E-state index is 6.91. The molecule has 1 nitrogen and oxygen atoms in total. The number of halogens is 1. The monoisotopic (exact) mass is 231 g/mol. The molecule has 1 N–H and O–H groups in total. The molecule has 1 aromatic rings. The molecule has 0 aliphatic rings. The van der Waals surface area contributed by atoms with Gasteiger partial charge in [0.15, 0.2) is 0 Å². The Balaban J connectivity index is 3.07. The van der Waals surface area contributed by atoms with Gasteiger partial charge in [0, 0.05) is 9.78 Å². The van der Waals surface area contributed by atoms with E-state index in [2.05, 4.69) is 22.6 Å². The summed E-state index contributed by atoms with van der Waals surface area (Å²) in [4.78, 5) is 0. The van der Waals surface area contributed by atoms with Crippen LogP contribution in [-0.4, -0.2) is 6.21 Å². The van der Waals surface area contributed by atoms with Crippen molar-refractivity contribution in [3.63, 3.8) is 0 Å². The number of hydrogen-bond donors (Lipinski definition) is 1. The third-order valence-electron chi connectivity index (χ3n) is 1.02. The van der Waals surface area contributed by atoms with Crippen molar-refractivity contribution in [2.24, 2.45) is 0 Å². The Morgan fingerprint density at radius 3 is 2.67 bits per heavy atom. The molecular weight excluding hydrogens is 225 g/mol. The van der Waals surface area contributed by atoms with Crippen molar-refractivity contribution >= 4 is 28.8 Å². The van der Waals surface area contributed by atoms with Crippen LogP contribution in [0.3, 0.4) is 0 Å². The third-order valence-corrected chi connectivity index (χ3v) is 1.69. The quantitative estimate of drug-likeness (QED) is 0.566. The highest BCUT2D eigenvalue weighted by atomic mass is 127. The summed E-state index contributed by atoms with van der Waals surface area (Å²) in [7, 11) is 0. The molecule has 0 aliphatic carbocycles. The van der Waals surface area contributed by atoms with Gasteiger partial charge in [-0.15, -0.1) is 0 Å². The summed E-state index contributed by atoms with van der Waals surface area (Å²) in [6.45, 7) is 0. The van der Waals surface area contributed by atoms with Crippen LogP contribution in [-0.2, 0) is 0 Å². The van der Waals surface area contributed by atoms with Gasteiger partial charge in [-0.1, -0.05) is 12.1 Å². The summed E-state index contributed by atoms with van der Waals surface area (Å²) in [5, 5.41) is 6.91. The third kappa shape index (κ3) is 1.78. The molecule has 0 saturated carbocycles. The second-order valence-corrected chi connectivity index (χ2v) is 2.94. The van der Waals surface area contributed by atoms with Crippen molar-refractivity contribution in [3.05, 3.63) is 33.4 Å². The maximum atomic E-state index is 6.91. The SMILES string of the molecule is N=Cc1cccc(I)c1. The minimum Gasteiger partial charge on any atom is -0.308 e. The van der Waals surface area contributed by atoms with E-state index in [0.717, 1.165) is 5.56 Å². The van der Waals surface area contributed by atoms with E-state index in [9.17, 15) is 0 Å². The predicted octanol–water partition coefficient (Wildman–Crippen LogP) is 2.29. The summed E-state index contributed by atoms with van der Waals surface area (Å²) >= 11 is 2.23. The molecular formula is C7H6IN. The summed E-state index contributed by atoms with van der Waals surface area (Å²) in [5.41, 5.74) is 0.960. The van der Waals surface area contributed by atoms with E-state index in [1.807, 2.05) is 24.3 Å². The van der Waals surface area contributed by atoms with Gasteiger partial charge in [0.05, 0.1) is 0 Å². The molecule has 0 amide bonds. The van der Waals surface area contributed by atoms with Crippen molar-refractivity contribution < 1.29 is 0 Å². The van der Waals surface area contributed by atoms with Crippen LogP contribution in [0.25, 0.3) is 0 Å². The number of benzene rings is 1. The fourth-order valence-corrected chi connectivity index (χ4v) is 1.16.